The SMILES string of the molecule is CCOC(=O)/C(C#N)=C1/C(=O)N2c3c1cccc3[C@@H](C)CC2(C)C. The van der Waals surface area contributed by atoms with E-state index in [9.17, 15) is 14.9 Å². The maximum absolute atomic E-state index is 13.1. The zero-order valence-electron chi connectivity index (χ0n) is 14.3. The van der Waals surface area contributed by atoms with Crippen LogP contribution in [0.3, 0.4) is 0 Å². The third-order valence-corrected chi connectivity index (χ3v) is 4.76. The molecule has 0 aliphatic carbocycles. The molecule has 0 fully saturated rings. The van der Waals surface area contributed by atoms with Crippen molar-refractivity contribution >= 4 is 23.1 Å². The van der Waals surface area contributed by atoms with Crippen molar-refractivity contribution in [3.63, 3.8) is 0 Å². The summed E-state index contributed by atoms with van der Waals surface area (Å²) in [5.74, 6) is -0.739. The van der Waals surface area contributed by atoms with Gasteiger partial charge in [-0.25, -0.2) is 4.79 Å². The molecule has 2 aliphatic heterocycles. The third-order valence-electron chi connectivity index (χ3n) is 4.76. The van der Waals surface area contributed by atoms with Crippen LogP contribution in [0.1, 0.15) is 51.2 Å². The van der Waals surface area contributed by atoms with E-state index in [-0.39, 0.29) is 29.2 Å². The number of ether oxygens (including phenoxy) is 1. The number of carbonyl (C=O) groups excluding carboxylic acids is 2. The molecule has 1 aromatic carbocycles. The summed E-state index contributed by atoms with van der Waals surface area (Å²) < 4.78 is 4.97. The molecule has 24 heavy (non-hydrogen) atoms. The van der Waals surface area contributed by atoms with Gasteiger partial charge in [0.05, 0.1) is 17.9 Å². The zero-order chi connectivity index (χ0) is 17.6. The van der Waals surface area contributed by atoms with Gasteiger partial charge in [-0.1, -0.05) is 25.1 Å². The largest absolute Gasteiger partial charge is 0.462 e. The molecule has 0 spiro atoms. The Morgan fingerprint density at radius 3 is 2.79 bits per heavy atom. The molecule has 5 heteroatoms. The van der Waals surface area contributed by atoms with Crippen molar-refractivity contribution in [1.29, 1.82) is 5.26 Å². The summed E-state index contributed by atoms with van der Waals surface area (Å²) in [5.41, 5.74) is 2.13. The fourth-order valence-corrected chi connectivity index (χ4v) is 3.92. The van der Waals surface area contributed by atoms with Gasteiger partial charge in [-0.2, -0.15) is 5.26 Å². The molecule has 124 valence electrons. The van der Waals surface area contributed by atoms with E-state index in [0.717, 1.165) is 17.7 Å². The molecule has 2 heterocycles. The van der Waals surface area contributed by atoms with Gasteiger partial charge in [-0.15, -0.1) is 0 Å². The van der Waals surface area contributed by atoms with Gasteiger partial charge in [0.25, 0.3) is 5.91 Å². The van der Waals surface area contributed by atoms with Crippen molar-refractivity contribution in [3.8, 4) is 6.07 Å². The van der Waals surface area contributed by atoms with E-state index in [1.807, 2.05) is 32.0 Å². The van der Waals surface area contributed by atoms with Crippen molar-refractivity contribution in [2.75, 3.05) is 11.5 Å². The van der Waals surface area contributed by atoms with Crippen LogP contribution in [-0.2, 0) is 14.3 Å². The van der Waals surface area contributed by atoms with E-state index >= 15 is 0 Å². The molecular formula is C19H20N2O3. The standard InChI is InChI=1S/C19H20N2O3/c1-5-24-18(23)14(10-20)15-13-8-6-7-12-11(2)9-19(3,4)21(16(12)13)17(15)22/h6-8,11H,5,9H2,1-4H3/b15-14+/t11-/m0/s1. The van der Waals surface area contributed by atoms with Crippen LogP contribution in [0.25, 0.3) is 5.57 Å². The number of anilines is 1. The Hall–Kier alpha value is -2.61. The molecular weight excluding hydrogens is 304 g/mol. The van der Waals surface area contributed by atoms with Gasteiger partial charge in [0.2, 0.25) is 0 Å². The van der Waals surface area contributed by atoms with Crippen molar-refractivity contribution in [2.24, 2.45) is 0 Å². The molecule has 1 amide bonds. The van der Waals surface area contributed by atoms with E-state index in [4.69, 9.17) is 4.74 Å². The highest BCUT2D eigenvalue weighted by atomic mass is 16.5. The predicted molar refractivity (Wildman–Crippen MR) is 90.2 cm³/mol. The van der Waals surface area contributed by atoms with Crippen LogP contribution < -0.4 is 4.90 Å². The first-order valence-corrected chi connectivity index (χ1v) is 8.12. The summed E-state index contributed by atoms with van der Waals surface area (Å²) in [6.45, 7) is 7.99. The minimum Gasteiger partial charge on any atom is -0.462 e. The number of rotatable bonds is 2. The van der Waals surface area contributed by atoms with Crippen molar-refractivity contribution < 1.29 is 14.3 Å². The quantitative estimate of drug-likeness (QED) is 0.476. The van der Waals surface area contributed by atoms with E-state index in [1.165, 1.54) is 0 Å². The monoisotopic (exact) mass is 324 g/mol. The highest BCUT2D eigenvalue weighted by Crippen LogP contribution is 2.52. The normalized spacial score (nSPS) is 22.7. The first-order valence-electron chi connectivity index (χ1n) is 8.12. The number of esters is 1. The van der Waals surface area contributed by atoms with Gasteiger partial charge in [0.15, 0.2) is 5.57 Å². The summed E-state index contributed by atoms with van der Waals surface area (Å²) in [6.07, 6.45) is 0.823. The molecule has 0 saturated heterocycles. The molecule has 0 N–H and O–H groups in total. The number of carbonyl (C=O) groups is 2. The average molecular weight is 324 g/mol. The number of hydrogen-bond donors (Lipinski definition) is 0. The molecule has 0 radical (unpaired) electrons. The number of hydrogen-bond acceptors (Lipinski definition) is 4. The van der Waals surface area contributed by atoms with Crippen LogP contribution in [0.5, 0.6) is 0 Å². The molecule has 2 aliphatic rings. The van der Waals surface area contributed by atoms with Gasteiger partial charge in [0, 0.05) is 11.1 Å². The van der Waals surface area contributed by atoms with Crippen molar-refractivity contribution in [1.82, 2.24) is 0 Å². The number of amides is 1. The lowest BCUT2D eigenvalue weighted by Gasteiger charge is -2.43. The van der Waals surface area contributed by atoms with E-state index < -0.39 is 5.97 Å². The topological polar surface area (TPSA) is 70.4 Å². The summed E-state index contributed by atoms with van der Waals surface area (Å²) in [4.78, 5) is 27.0. The highest BCUT2D eigenvalue weighted by Gasteiger charge is 2.48. The van der Waals surface area contributed by atoms with E-state index in [2.05, 4.69) is 6.92 Å². The Bertz CT molecular complexity index is 814. The molecule has 3 rings (SSSR count). The molecule has 0 saturated carbocycles. The third kappa shape index (κ3) is 2.14. The average Bonchev–Trinajstić information content (AvgIpc) is 2.80. The van der Waals surface area contributed by atoms with Gasteiger partial charge < -0.3 is 9.64 Å². The second kappa shape index (κ2) is 5.48. The Kier molecular flexibility index (Phi) is 3.71. The summed E-state index contributed by atoms with van der Waals surface area (Å²) in [7, 11) is 0. The molecule has 0 bridgehead atoms. The van der Waals surface area contributed by atoms with Crippen LogP contribution >= 0.6 is 0 Å². The van der Waals surface area contributed by atoms with Gasteiger partial charge in [-0.3, -0.25) is 4.79 Å². The fourth-order valence-electron chi connectivity index (χ4n) is 3.92. The van der Waals surface area contributed by atoms with Crippen LogP contribution in [0.2, 0.25) is 0 Å². The van der Waals surface area contributed by atoms with Crippen molar-refractivity contribution in [3.05, 3.63) is 34.9 Å². The number of nitrogens with zero attached hydrogens (tertiary/aromatic N) is 2. The van der Waals surface area contributed by atoms with Gasteiger partial charge in [0.1, 0.15) is 6.07 Å². The van der Waals surface area contributed by atoms with Crippen LogP contribution in [0, 0.1) is 11.3 Å². The lowest BCUT2D eigenvalue weighted by molar-refractivity contribution is -0.138. The zero-order valence-corrected chi connectivity index (χ0v) is 14.3. The molecule has 0 aromatic heterocycles. The molecule has 0 unspecified atom stereocenters. The van der Waals surface area contributed by atoms with Crippen LogP contribution in [0.15, 0.2) is 23.8 Å². The van der Waals surface area contributed by atoms with E-state index in [0.29, 0.717) is 11.5 Å². The summed E-state index contributed by atoms with van der Waals surface area (Å²) in [5, 5.41) is 9.47. The predicted octanol–water partition coefficient (Wildman–Crippen LogP) is 3.16. The fraction of sp³-hybridized carbons (Fsp3) is 0.421. The Balaban J connectivity index is 2.31. The number of nitriles is 1. The maximum Gasteiger partial charge on any atom is 0.349 e. The van der Waals surface area contributed by atoms with Gasteiger partial charge in [-0.05, 0) is 38.7 Å². The summed E-state index contributed by atoms with van der Waals surface area (Å²) in [6, 6.07) is 7.57. The Morgan fingerprint density at radius 2 is 2.17 bits per heavy atom. The molecule has 1 aromatic rings. The van der Waals surface area contributed by atoms with Crippen molar-refractivity contribution in [2.45, 2.75) is 45.6 Å². The first-order chi connectivity index (χ1) is 11.3. The molecule has 1 atom stereocenters. The first kappa shape index (κ1) is 16.3. The van der Waals surface area contributed by atoms with Crippen LogP contribution in [0.4, 0.5) is 5.69 Å². The summed E-state index contributed by atoms with van der Waals surface area (Å²) >= 11 is 0. The van der Waals surface area contributed by atoms with Crippen LogP contribution in [-0.4, -0.2) is 24.0 Å². The Morgan fingerprint density at radius 1 is 1.46 bits per heavy atom. The second-order valence-corrected chi connectivity index (χ2v) is 6.88. The highest BCUT2D eigenvalue weighted by molar-refractivity contribution is 6.37. The lowest BCUT2D eigenvalue weighted by atomic mass is 9.80. The lowest BCUT2D eigenvalue weighted by Crippen LogP contribution is -2.49. The molecule has 5 nitrogen and oxygen atoms in total. The minimum atomic E-state index is -0.744. The maximum atomic E-state index is 13.1. The van der Waals surface area contributed by atoms with E-state index in [1.54, 1.807) is 17.9 Å². The smallest absolute Gasteiger partial charge is 0.349 e. The van der Waals surface area contributed by atoms with Gasteiger partial charge >= 0.3 is 5.97 Å². The number of para-hydroxylation sites is 1. The number of benzene rings is 1. The Labute approximate surface area is 141 Å². The minimum absolute atomic E-state index is 0.157. The second-order valence-electron chi connectivity index (χ2n) is 6.88.